The van der Waals surface area contributed by atoms with E-state index in [0.717, 1.165) is 10.0 Å². The summed E-state index contributed by atoms with van der Waals surface area (Å²) in [6, 6.07) is 14.7. The minimum Gasteiger partial charge on any atom is -0.493 e. The van der Waals surface area contributed by atoms with Gasteiger partial charge in [-0.05, 0) is 47.1 Å². The molecule has 126 valence electrons. The third-order valence-corrected chi connectivity index (χ3v) is 3.80. The number of esters is 1. The summed E-state index contributed by atoms with van der Waals surface area (Å²) < 4.78 is 11.1. The van der Waals surface area contributed by atoms with Gasteiger partial charge >= 0.3 is 5.97 Å². The first kappa shape index (κ1) is 18.0. The van der Waals surface area contributed by atoms with Crippen molar-refractivity contribution in [1.82, 2.24) is 0 Å². The van der Waals surface area contributed by atoms with Crippen molar-refractivity contribution in [3.8, 4) is 5.75 Å². The Morgan fingerprint density at radius 3 is 2.50 bits per heavy atom. The summed E-state index contributed by atoms with van der Waals surface area (Å²) in [5.41, 5.74) is 1.76. The van der Waals surface area contributed by atoms with E-state index in [-0.39, 0.29) is 19.6 Å². The lowest BCUT2D eigenvalue weighted by Crippen LogP contribution is -2.21. The van der Waals surface area contributed by atoms with Gasteiger partial charge in [-0.25, -0.2) is 0 Å². The number of aryl methyl sites for hydroxylation is 1. The van der Waals surface area contributed by atoms with Gasteiger partial charge < -0.3 is 14.8 Å². The fourth-order valence-corrected chi connectivity index (χ4v) is 2.24. The van der Waals surface area contributed by atoms with Crippen LogP contribution in [0.3, 0.4) is 0 Å². The molecule has 0 fully saturated rings. The van der Waals surface area contributed by atoms with Crippen LogP contribution in [0.2, 0.25) is 0 Å². The zero-order chi connectivity index (χ0) is 17.4. The number of nitrogens with one attached hydrogen (secondary N) is 1. The number of benzene rings is 2. The Morgan fingerprint density at radius 1 is 1.08 bits per heavy atom. The lowest BCUT2D eigenvalue weighted by molar-refractivity contribution is -0.147. The maximum absolute atomic E-state index is 11.8. The molecule has 2 aromatic carbocycles. The van der Waals surface area contributed by atoms with Gasteiger partial charge in [-0.1, -0.05) is 29.8 Å². The molecule has 0 radical (unpaired) electrons. The molecular formula is C18H18BrNO4. The molecule has 0 aliphatic carbocycles. The smallest absolute Gasteiger partial charge is 0.309 e. The third kappa shape index (κ3) is 6.04. The van der Waals surface area contributed by atoms with Gasteiger partial charge in [-0.3, -0.25) is 9.59 Å². The van der Waals surface area contributed by atoms with Gasteiger partial charge in [0.25, 0.3) is 5.91 Å². The van der Waals surface area contributed by atoms with Crippen LogP contribution in [0.4, 0.5) is 5.69 Å². The lowest BCUT2D eigenvalue weighted by atomic mass is 10.2. The second-order valence-corrected chi connectivity index (χ2v) is 5.95. The van der Waals surface area contributed by atoms with E-state index < -0.39 is 11.9 Å². The Kier molecular flexibility index (Phi) is 6.81. The molecule has 0 bridgehead atoms. The minimum atomic E-state index is -0.482. The molecule has 2 rings (SSSR count). The van der Waals surface area contributed by atoms with Crippen molar-refractivity contribution in [1.29, 1.82) is 0 Å². The summed E-state index contributed by atoms with van der Waals surface area (Å²) in [5.74, 6) is -0.181. The van der Waals surface area contributed by atoms with E-state index in [0.29, 0.717) is 11.4 Å². The van der Waals surface area contributed by atoms with E-state index in [1.165, 1.54) is 0 Å². The number of halogens is 1. The summed E-state index contributed by atoms with van der Waals surface area (Å²) in [6.45, 7) is 1.86. The molecule has 1 amide bonds. The molecule has 2 aromatic rings. The molecule has 0 saturated heterocycles. The molecular weight excluding hydrogens is 374 g/mol. The van der Waals surface area contributed by atoms with Gasteiger partial charge in [0.05, 0.1) is 18.7 Å². The van der Waals surface area contributed by atoms with Crippen molar-refractivity contribution in [3.63, 3.8) is 0 Å². The normalized spacial score (nSPS) is 10.1. The number of carbonyl (C=O) groups excluding carboxylic acids is 2. The number of rotatable bonds is 7. The zero-order valence-corrected chi connectivity index (χ0v) is 14.8. The number of hydrogen-bond acceptors (Lipinski definition) is 4. The van der Waals surface area contributed by atoms with Crippen LogP contribution in [0.25, 0.3) is 0 Å². The maximum Gasteiger partial charge on any atom is 0.309 e. The molecule has 6 heteroatoms. The largest absolute Gasteiger partial charge is 0.493 e. The summed E-state index contributed by atoms with van der Waals surface area (Å²) >= 11 is 3.33. The fourth-order valence-electron chi connectivity index (χ4n) is 1.85. The first-order valence-corrected chi connectivity index (χ1v) is 8.23. The van der Waals surface area contributed by atoms with Gasteiger partial charge in [0.2, 0.25) is 0 Å². The van der Waals surface area contributed by atoms with E-state index in [2.05, 4.69) is 21.2 Å². The molecule has 0 atom stereocenters. The molecule has 0 aliphatic heterocycles. The number of amides is 1. The van der Waals surface area contributed by atoms with Crippen LogP contribution < -0.4 is 10.1 Å². The average molecular weight is 392 g/mol. The van der Waals surface area contributed by atoms with Crippen molar-refractivity contribution in [2.45, 2.75) is 13.3 Å². The first-order chi connectivity index (χ1) is 11.5. The van der Waals surface area contributed by atoms with Crippen LogP contribution in [0.5, 0.6) is 5.75 Å². The summed E-state index contributed by atoms with van der Waals surface area (Å²) in [7, 11) is 0. The Hall–Kier alpha value is -2.34. The second kappa shape index (κ2) is 9.08. The van der Waals surface area contributed by atoms with E-state index in [1.807, 2.05) is 43.3 Å². The van der Waals surface area contributed by atoms with Crippen molar-refractivity contribution in [2.24, 2.45) is 0 Å². The predicted molar refractivity (Wildman–Crippen MR) is 95.0 cm³/mol. The molecule has 0 spiro atoms. The highest BCUT2D eigenvalue weighted by molar-refractivity contribution is 9.10. The highest BCUT2D eigenvalue weighted by Gasteiger charge is 2.09. The molecule has 5 nitrogen and oxygen atoms in total. The maximum atomic E-state index is 11.8. The zero-order valence-electron chi connectivity index (χ0n) is 13.3. The van der Waals surface area contributed by atoms with Gasteiger partial charge in [0, 0.05) is 4.47 Å². The van der Waals surface area contributed by atoms with Crippen molar-refractivity contribution >= 4 is 33.5 Å². The topological polar surface area (TPSA) is 64.6 Å². The van der Waals surface area contributed by atoms with Crippen molar-refractivity contribution in [2.75, 3.05) is 18.5 Å². The third-order valence-electron chi connectivity index (χ3n) is 3.11. The fraction of sp³-hybridized carbons (Fsp3) is 0.222. The van der Waals surface area contributed by atoms with Crippen LogP contribution in [0.15, 0.2) is 53.0 Å². The molecule has 0 heterocycles. The van der Waals surface area contributed by atoms with Gasteiger partial charge in [-0.2, -0.15) is 0 Å². The SMILES string of the molecule is Cc1ccc(OCCC(=O)OCC(=O)Nc2ccccc2Br)cc1. The van der Waals surface area contributed by atoms with Crippen LogP contribution in [0.1, 0.15) is 12.0 Å². The number of hydrogen-bond donors (Lipinski definition) is 1. The standard InChI is InChI=1S/C18H18BrNO4/c1-13-6-8-14(9-7-13)23-11-10-18(22)24-12-17(21)20-16-5-3-2-4-15(16)19/h2-9H,10-12H2,1H3,(H,20,21). The quantitative estimate of drug-likeness (QED) is 0.730. The average Bonchev–Trinajstić information content (AvgIpc) is 2.57. The molecule has 0 saturated carbocycles. The number of ether oxygens (including phenoxy) is 2. The Labute approximate surface area is 149 Å². The van der Waals surface area contributed by atoms with Crippen LogP contribution in [-0.4, -0.2) is 25.1 Å². The van der Waals surface area contributed by atoms with Crippen LogP contribution in [0, 0.1) is 6.92 Å². The van der Waals surface area contributed by atoms with E-state index >= 15 is 0 Å². The van der Waals surface area contributed by atoms with Crippen molar-refractivity contribution < 1.29 is 19.1 Å². The van der Waals surface area contributed by atoms with Crippen LogP contribution >= 0.6 is 15.9 Å². The lowest BCUT2D eigenvalue weighted by Gasteiger charge is -2.09. The van der Waals surface area contributed by atoms with Gasteiger partial charge in [0.15, 0.2) is 6.61 Å². The van der Waals surface area contributed by atoms with E-state index in [9.17, 15) is 9.59 Å². The number of anilines is 1. The highest BCUT2D eigenvalue weighted by atomic mass is 79.9. The molecule has 1 N–H and O–H groups in total. The molecule has 0 aliphatic rings. The monoisotopic (exact) mass is 391 g/mol. The van der Waals surface area contributed by atoms with E-state index in [1.54, 1.807) is 12.1 Å². The first-order valence-electron chi connectivity index (χ1n) is 7.44. The summed E-state index contributed by atoms with van der Waals surface area (Å²) in [6.07, 6.45) is 0.0796. The van der Waals surface area contributed by atoms with Crippen LogP contribution in [-0.2, 0) is 14.3 Å². The molecule has 0 unspecified atom stereocenters. The summed E-state index contributed by atoms with van der Waals surface area (Å²) in [4.78, 5) is 23.4. The number of para-hydroxylation sites is 1. The van der Waals surface area contributed by atoms with Gasteiger partial charge in [-0.15, -0.1) is 0 Å². The van der Waals surface area contributed by atoms with Crippen molar-refractivity contribution in [3.05, 3.63) is 58.6 Å². The predicted octanol–water partition coefficient (Wildman–Crippen LogP) is 3.71. The van der Waals surface area contributed by atoms with Gasteiger partial charge in [0.1, 0.15) is 5.75 Å². The highest BCUT2D eigenvalue weighted by Crippen LogP contribution is 2.20. The Morgan fingerprint density at radius 2 is 1.79 bits per heavy atom. The number of carbonyl (C=O) groups is 2. The summed E-state index contributed by atoms with van der Waals surface area (Å²) in [5, 5.41) is 2.66. The second-order valence-electron chi connectivity index (χ2n) is 5.10. The van der Waals surface area contributed by atoms with E-state index in [4.69, 9.17) is 9.47 Å². The minimum absolute atomic E-state index is 0.0796. The Bertz CT molecular complexity index is 700. The molecule has 24 heavy (non-hydrogen) atoms. The molecule has 0 aromatic heterocycles. The Balaban J connectivity index is 1.66.